The molecule has 1 aromatic rings. The molecule has 7 heteroatoms. The van der Waals surface area contributed by atoms with Crippen LogP contribution < -0.4 is 10.5 Å². The molecule has 0 aliphatic heterocycles. The van der Waals surface area contributed by atoms with E-state index in [-0.39, 0.29) is 17.5 Å². The highest BCUT2D eigenvalue weighted by atomic mass is 19.4. The van der Waals surface area contributed by atoms with Crippen LogP contribution in [-0.2, 0) is 11.2 Å². The number of hydrogen-bond donors (Lipinski definition) is 1. The van der Waals surface area contributed by atoms with Crippen molar-refractivity contribution in [2.75, 3.05) is 13.7 Å². The number of hydrogen-bond acceptors (Lipinski definition) is 3. The van der Waals surface area contributed by atoms with Gasteiger partial charge in [-0.2, -0.15) is 0 Å². The van der Waals surface area contributed by atoms with Crippen LogP contribution in [0.2, 0.25) is 0 Å². The van der Waals surface area contributed by atoms with Crippen molar-refractivity contribution in [2.45, 2.75) is 65.3 Å². The summed E-state index contributed by atoms with van der Waals surface area (Å²) in [6.45, 7) is 7.85. The van der Waals surface area contributed by atoms with Crippen LogP contribution in [0.3, 0.4) is 0 Å². The fourth-order valence-electron chi connectivity index (χ4n) is 2.31. The van der Waals surface area contributed by atoms with Crippen LogP contribution in [0, 0.1) is 5.82 Å². The van der Waals surface area contributed by atoms with Crippen LogP contribution in [0.5, 0.6) is 5.75 Å². The summed E-state index contributed by atoms with van der Waals surface area (Å²) in [5, 5.41) is 0. The third-order valence-electron chi connectivity index (χ3n) is 3.40. The van der Waals surface area contributed by atoms with Crippen LogP contribution >= 0.6 is 0 Å². The Kier molecular flexibility index (Phi) is 10.7. The van der Waals surface area contributed by atoms with Gasteiger partial charge in [0, 0.05) is 13.2 Å². The summed E-state index contributed by atoms with van der Waals surface area (Å²) < 4.78 is 60.1. The average Bonchev–Trinajstić information content (AvgIpc) is 2.50. The summed E-state index contributed by atoms with van der Waals surface area (Å²) in [6, 6.07) is 2.57. The SMILES string of the molecule is CC.COCC(N)CCCc1cc(OC(F)(F)F)c(F)c(C(C)C)c1. The highest BCUT2D eigenvalue weighted by molar-refractivity contribution is 5.38. The Hall–Kier alpha value is -1.34. The molecule has 0 fully saturated rings. The van der Waals surface area contributed by atoms with Crippen molar-refractivity contribution in [3.8, 4) is 5.75 Å². The number of aryl methyl sites for hydroxylation is 1. The summed E-state index contributed by atoms with van der Waals surface area (Å²) in [5.74, 6) is -1.99. The van der Waals surface area contributed by atoms with Crippen LogP contribution in [0.4, 0.5) is 17.6 Å². The van der Waals surface area contributed by atoms with Gasteiger partial charge in [0.05, 0.1) is 6.61 Å². The van der Waals surface area contributed by atoms with E-state index in [1.165, 1.54) is 0 Å². The minimum absolute atomic E-state index is 0.129. The van der Waals surface area contributed by atoms with Gasteiger partial charge in [-0.15, -0.1) is 13.2 Å². The molecular formula is C18H29F4NO2. The lowest BCUT2D eigenvalue weighted by molar-refractivity contribution is -0.275. The van der Waals surface area contributed by atoms with Gasteiger partial charge in [0.2, 0.25) is 0 Å². The Morgan fingerprint density at radius 1 is 1.16 bits per heavy atom. The first-order valence-electron chi connectivity index (χ1n) is 8.46. The lowest BCUT2D eigenvalue weighted by Gasteiger charge is -2.16. The van der Waals surface area contributed by atoms with E-state index in [0.29, 0.717) is 31.4 Å². The second-order valence-corrected chi connectivity index (χ2v) is 5.81. The van der Waals surface area contributed by atoms with Gasteiger partial charge in [-0.3, -0.25) is 0 Å². The number of methoxy groups -OCH3 is 1. The Bertz CT molecular complexity index is 505. The second-order valence-electron chi connectivity index (χ2n) is 5.81. The Labute approximate surface area is 147 Å². The molecule has 0 saturated carbocycles. The molecule has 3 nitrogen and oxygen atoms in total. The summed E-state index contributed by atoms with van der Waals surface area (Å²) in [4.78, 5) is 0. The van der Waals surface area contributed by atoms with E-state index in [1.807, 2.05) is 13.8 Å². The number of nitrogens with two attached hydrogens (primary N) is 1. The number of alkyl halides is 3. The van der Waals surface area contributed by atoms with Crippen molar-refractivity contribution in [2.24, 2.45) is 5.73 Å². The summed E-state index contributed by atoms with van der Waals surface area (Å²) in [5.41, 5.74) is 6.61. The first kappa shape index (κ1) is 23.7. The molecule has 1 rings (SSSR count). The molecule has 0 spiro atoms. The zero-order valence-electron chi connectivity index (χ0n) is 15.5. The normalized spacial score (nSPS) is 12.6. The van der Waals surface area contributed by atoms with E-state index >= 15 is 0 Å². The Balaban J connectivity index is 0.00000277. The molecule has 0 bridgehead atoms. The topological polar surface area (TPSA) is 44.5 Å². The van der Waals surface area contributed by atoms with Gasteiger partial charge in [-0.25, -0.2) is 4.39 Å². The highest BCUT2D eigenvalue weighted by Crippen LogP contribution is 2.32. The number of rotatable bonds is 8. The summed E-state index contributed by atoms with van der Waals surface area (Å²) >= 11 is 0. The van der Waals surface area contributed by atoms with E-state index in [9.17, 15) is 17.6 Å². The summed E-state index contributed by atoms with van der Waals surface area (Å²) in [6.07, 6.45) is -3.10. The van der Waals surface area contributed by atoms with Gasteiger partial charge in [-0.1, -0.05) is 33.8 Å². The number of benzene rings is 1. The van der Waals surface area contributed by atoms with Crippen molar-refractivity contribution in [1.29, 1.82) is 0 Å². The maximum absolute atomic E-state index is 14.1. The maximum Gasteiger partial charge on any atom is 0.573 e. The molecule has 0 saturated heterocycles. The fraction of sp³-hybridized carbons (Fsp3) is 0.667. The van der Waals surface area contributed by atoms with Crippen LogP contribution in [-0.4, -0.2) is 26.1 Å². The smallest absolute Gasteiger partial charge is 0.403 e. The van der Waals surface area contributed by atoms with Gasteiger partial charge >= 0.3 is 6.36 Å². The van der Waals surface area contributed by atoms with Gasteiger partial charge in [0.1, 0.15) is 0 Å². The summed E-state index contributed by atoms with van der Waals surface area (Å²) in [7, 11) is 1.55. The molecule has 25 heavy (non-hydrogen) atoms. The van der Waals surface area contributed by atoms with Crippen LogP contribution in [0.15, 0.2) is 12.1 Å². The minimum Gasteiger partial charge on any atom is -0.403 e. The van der Waals surface area contributed by atoms with Gasteiger partial charge < -0.3 is 15.2 Å². The van der Waals surface area contributed by atoms with Crippen molar-refractivity contribution < 1.29 is 27.0 Å². The van der Waals surface area contributed by atoms with Crippen LogP contribution in [0.25, 0.3) is 0 Å². The first-order chi connectivity index (χ1) is 11.6. The average molecular weight is 367 g/mol. The molecule has 0 aromatic heterocycles. The van der Waals surface area contributed by atoms with Crippen molar-refractivity contribution in [1.82, 2.24) is 0 Å². The molecule has 0 radical (unpaired) electrons. The van der Waals surface area contributed by atoms with Crippen LogP contribution in [0.1, 0.15) is 57.6 Å². The van der Waals surface area contributed by atoms with Crippen molar-refractivity contribution in [3.63, 3.8) is 0 Å². The highest BCUT2D eigenvalue weighted by Gasteiger charge is 2.33. The predicted molar refractivity (Wildman–Crippen MR) is 91.3 cm³/mol. The fourth-order valence-corrected chi connectivity index (χ4v) is 2.31. The van der Waals surface area contributed by atoms with Gasteiger partial charge in [0.15, 0.2) is 11.6 Å². The van der Waals surface area contributed by atoms with Crippen molar-refractivity contribution >= 4 is 0 Å². The molecule has 1 atom stereocenters. The quantitative estimate of drug-likeness (QED) is 0.645. The third kappa shape index (κ3) is 9.07. The van der Waals surface area contributed by atoms with E-state index in [0.717, 1.165) is 6.07 Å². The molecule has 146 valence electrons. The molecule has 1 unspecified atom stereocenters. The Morgan fingerprint density at radius 2 is 1.76 bits per heavy atom. The van der Waals surface area contributed by atoms with E-state index in [4.69, 9.17) is 10.5 Å². The predicted octanol–water partition coefficient (Wildman–Crippen LogP) is 5.17. The number of halogens is 4. The van der Waals surface area contributed by atoms with E-state index < -0.39 is 17.9 Å². The second kappa shape index (κ2) is 11.3. The zero-order chi connectivity index (χ0) is 19.6. The van der Waals surface area contributed by atoms with E-state index in [1.54, 1.807) is 27.0 Å². The maximum atomic E-state index is 14.1. The molecule has 0 aliphatic carbocycles. The lowest BCUT2D eigenvalue weighted by Crippen LogP contribution is -2.25. The van der Waals surface area contributed by atoms with Gasteiger partial charge in [0.25, 0.3) is 0 Å². The molecule has 0 heterocycles. The molecule has 2 N–H and O–H groups in total. The third-order valence-corrected chi connectivity index (χ3v) is 3.40. The number of ether oxygens (including phenoxy) is 2. The molecule has 0 aliphatic rings. The monoisotopic (exact) mass is 367 g/mol. The molecular weight excluding hydrogens is 338 g/mol. The first-order valence-corrected chi connectivity index (χ1v) is 8.46. The van der Waals surface area contributed by atoms with E-state index in [2.05, 4.69) is 4.74 Å². The Morgan fingerprint density at radius 3 is 2.24 bits per heavy atom. The standard InChI is InChI=1S/C16H23F4NO2.C2H6/c1-10(2)13-7-11(5-4-6-12(21)9-22-3)8-14(15(13)17)23-16(18,19)20;1-2/h7-8,10,12H,4-6,9,21H2,1-3H3;1-2H3. The molecule has 0 amide bonds. The van der Waals surface area contributed by atoms with Crippen molar-refractivity contribution in [3.05, 3.63) is 29.1 Å². The minimum atomic E-state index is -4.92. The zero-order valence-corrected chi connectivity index (χ0v) is 15.5. The largest absolute Gasteiger partial charge is 0.573 e. The molecule has 1 aromatic carbocycles. The van der Waals surface area contributed by atoms with Gasteiger partial charge in [-0.05, 0) is 42.4 Å². The lowest BCUT2D eigenvalue weighted by atomic mass is 9.96.